The molecule has 1 aromatic rings. The van der Waals surface area contributed by atoms with Crippen molar-refractivity contribution in [1.82, 2.24) is 0 Å². The first-order valence-corrected chi connectivity index (χ1v) is 7.13. The summed E-state index contributed by atoms with van der Waals surface area (Å²) in [6, 6.07) is 3.97. The number of benzene rings is 1. The second kappa shape index (κ2) is 7.59. The number of hydrogen-bond donors (Lipinski definition) is 1. The molecule has 2 N–H and O–H groups in total. The highest BCUT2D eigenvalue weighted by Crippen LogP contribution is 2.32. The molecule has 0 aromatic heterocycles. The second-order valence-corrected chi connectivity index (χ2v) is 5.28. The SMILES string of the molecule is CCCCCCCOc1c(N)cc(C)cc1Br. The lowest BCUT2D eigenvalue weighted by atomic mass is 10.2. The molecule has 17 heavy (non-hydrogen) atoms. The lowest BCUT2D eigenvalue weighted by molar-refractivity contribution is 0.304. The van der Waals surface area contributed by atoms with Crippen LogP contribution in [0.1, 0.15) is 44.6 Å². The van der Waals surface area contributed by atoms with Crippen molar-refractivity contribution >= 4 is 21.6 Å². The van der Waals surface area contributed by atoms with Crippen LogP contribution in [0.15, 0.2) is 16.6 Å². The van der Waals surface area contributed by atoms with Crippen molar-refractivity contribution in [2.24, 2.45) is 0 Å². The normalized spacial score (nSPS) is 10.5. The maximum atomic E-state index is 5.93. The molecular weight excluding hydrogens is 278 g/mol. The summed E-state index contributed by atoms with van der Waals surface area (Å²) in [5.74, 6) is 0.783. The minimum atomic E-state index is 0.713. The van der Waals surface area contributed by atoms with Gasteiger partial charge in [0.05, 0.1) is 16.8 Å². The summed E-state index contributed by atoms with van der Waals surface area (Å²) in [5.41, 5.74) is 7.79. The minimum Gasteiger partial charge on any atom is -0.490 e. The molecule has 0 heterocycles. The third kappa shape index (κ3) is 4.99. The van der Waals surface area contributed by atoms with E-state index in [0.717, 1.165) is 28.8 Å². The van der Waals surface area contributed by atoms with E-state index < -0.39 is 0 Å². The van der Waals surface area contributed by atoms with Crippen LogP contribution < -0.4 is 10.5 Å². The van der Waals surface area contributed by atoms with Gasteiger partial charge in [0.25, 0.3) is 0 Å². The molecule has 0 radical (unpaired) electrons. The van der Waals surface area contributed by atoms with Gasteiger partial charge in [-0.15, -0.1) is 0 Å². The molecule has 1 aromatic carbocycles. The number of ether oxygens (including phenoxy) is 1. The standard InChI is InChI=1S/C14H22BrNO/c1-3-4-5-6-7-8-17-14-12(15)9-11(2)10-13(14)16/h9-10H,3-8,16H2,1-2H3. The van der Waals surface area contributed by atoms with Crippen molar-refractivity contribution in [3.63, 3.8) is 0 Å². The van der Waals surface area contributed by atoms with Crippen molar-refractivity contribution in [1.29, 1.82) is 0 Å². The molecule has 0 amide bonds. The summed E-state index contributed by atoms with van der Waals surface area (Å²) in [5, 5.41) is 0. The number of hydrogen-bond acceptors (Lipinski definition) is 2. The van der Waals surface area contributed by atoms with E-state index in [1.165, 1.54) is 25.7 Å². The number of halogens is 1. The van der Waals surface area contributed by atoms with Crippen LogP contribution in [0.5, 0.6) is 5.75 Å². The first-order valence-electron chi connectivity index (χ1n) is 6.33. The van der Waals surface area contributed by atoms with Gasteiger partial charge in [-0.2, -0.15) is 0 Å². The highest BCUT2D eigenvalue weighted by Gasteiger charge is 2.06. The quantitative estimate of drug-likeness (QED) is 0.585. The van der Waals surface area contributed by atoms with E-state index >= 15 is 0 Å². The highest BCUT2D eigenvalue weighted by molar-refractivity contribution is 9.10. The molecule has 3 heteroatoms. The summed E-state index contributed by atoms with van der Waals surface area (Å²) in [6.07, 6.45) is 6.22. The molecule has 0 saturated heterocycles. The van der Waals surface area contributed by atoms with E-state index in [-0.39, 0.29) is 0 Å². The van der Waals surface area contributed by atoms with Crippen LogP contribution in [-0.4, -0.2) is 6.61 Å². The van der Waals surface area contributed by atoms with E-state index in [1.807, 2.05) is 19.1 Å². The van der Waals surface area contributed by atoms with Crippen molar-refractivity contribution in [2.45, 2.75) is 46.0 Å². The topological polar surface area (TPSA) is 35.2 Å². The van der Waals surface area contributed by atoms with Crippen LogP contribution in [0.4, 0.5) is 5.69 Å². The number of rotatable bonds is 7. The zero-order valence-electron chi connectivity index (χ0n) is 10.8. The van der Waals surface area contributed by atoms with Crippen LogP contribution in [0.3, 0.4) is 0 Å². The first-order chi connectivity index (χ1) is 8.15. The molecule has 96 valence electrons. The Morgan fingerprint density at radius 1 is 1.18 bits per heavy atom. The molecule has 0 fully saturated rings. The van der Waals surface area contributed by atoms with Crippen LogP contribution in [0.2, 0.25) is 0 Å². The van der Waals surface area contributed by atoms with Gasteiger partial charge in [-0.25, -0.2) is 0 Å². The Balaban J connectivity index is 2.36. The zero-order chi connectivity index (χ0) is 12.7. The number of unbranched alkanes of at least 4 members (excludes halogenated alkanes) is 4. The molecule has 0 atom stereocenters. The van der Waals surface area contributed by atoms with Crippen molar-refractivity contribution in [3.8, 4) is 5.75 Å². The van der Waals surface area contributed by atoms with Gasteiger partial charge in [0.1, 0.15) is 0 Å². The fourth-order valence-electron chi connectivity index (χ4n) is 1.79. The molecule has 0 spiro atoms. The average Bonchev–Trinajstić information content (AvgIpc) is 2.26. The smallest absolute Gasteiger partial charge is 0.156 e. The van der Waals surface area contributed by atoms with Crippen molar-refractivity contribution < 1.29 is 4.74 Å². The average molecular weight is 300 g/mol. The van der Waals surface area contributed by atoms with Gasteiger partial charge in [0, 0.05) is 0 Å². The van der Waals surface area contributed by atoms with Crippen LogP contribution >= 0.6 is 15.9 Å². The Labute approximate surface area is 113 Å². The Morgan fingerprint density at radius 3 is 2.53 bits per heavy atom. The van der Waals surface area contributed by atoms with E-state index in [1.54, 1.807) is 0 Å². The van der Waals surface area contributed by atoms with Crippen LogP contribution in [-0.2, 0) is 0 Å². The Bertz CT molecular complexity index is 329. The molecule has 0 unspecified atom stereocenters. The van der Waals surface area contributed by atoms with Gasteiger partial charge in [0.2, 0.25) is 0 Å². The Morgan fingerprint density at radius 2 is 1.88 bits per heavy atom. The van der Waals surface area contributed by atoms with E-state index in [9.17, 15) is 0 Å². The fourth-order valence-corrected chi connectivity index (χ4v) is 2.49. The van der Waals surface area contributed by atoms with Crippen molar-refractivity contribution in [3.05, 3.63) is 22.2 Å². The van der Waals surface area contributed by atoms with Gasteiger partial charge >= 0.3 is 0 Å². The molecule has 2 nitrogen and oxygen atoms in total. The maximum absolute atomic E-state index is 5.93. The number of anilines is 1. The lowest BCUT2D eigenvalue weighted by Crippen LogP contribution is -2.01. The minimum absolute atomic E-state index is 0.713. The summed E-state index contributed by atoms with van der Waals surface area (Å²) in [7, 11) is 0. The van der Waals surface area contributed by atoms with Crippen molar-refractivity contribution in [2.75, 3.05) is 12.3 Å². The van der Waals surface area contributed by atoms with E-state index in [4.69, 9.17) is 10.5 Å². The molecule has 1 rings (SSSR count). The number of nitrogens with two attached hydrogens (primary N) is 1. The molecule has 0 saturated carbocycles. The summed E-state index contributed by atoms with van der Waals surface area (Å²) < 4.78 is 6.68. The van der Waals surface area contributed by atoms with E-state index in [0.29, 0.717) is 5.69 Å². The van der Waals surface area contributed by atoms with Gasteiger partial charge in [-0.3, -0.25) is 0 Å². The van der Waals surface area contributed by atoms with Gasteiger partial charge < -0.3 is 10.5 Å². The summed E-state index contributed by atoms with van der Waals surface area (Å²) >= 11 is 3.49. The first kappa shape index (κ1) is 14.4. The van der Waals surface area contributed by atoms with Crippen LogP contribution in [0, 0.1) is 6.92 Å². The summed E-state index contributed by atoms with van der Waals surface area (Å²) in [4.78, 5) is 0. The Hall–Kier alpha value is -0.700. The molecular formula is C14H22BrNO. The number of nitrogen functional groups attached to an aromatic ring is 1. The maximum Gasteiger partial charge on any atom is 0.156 e. The molecule has 0 aliphatic carbocycles. The summed E-state index contributed by atoms with van der Waals surface area (Å²) in [6.45, 7) is 4.99. The highest BCUT2D eigenvalue weighted by atomic mass is 79.9. The predicted molar refractivity (Wildman–Crippen MR) is 77.5 cm³/mol. The monoisotopic (exact) mass is 299 g/mol. The number of aryl methyl sites for hydroxylation is 1. The second-order valence-electron chi connectivity index (χ2n) is 4.43. The Kier molecular flexibility index (Phi) is 6.41. The van der Waals surface area contributed by atoms with E-state index in [2.05, 4.69) is 22.9 Å². The van der Waals surface area contributed by atoms with Gasteiger partial charge in [-0.1, -0.05) is 32.6 Å². The molecule has 0 aliphatic rings. The predicted octanol–water partition coefficient (Wildman–Crippen LogP) is 4.69. The largest absolute Gasteiger partial charge is 0.490 e. The molecule has 0 aliphatic heterocycles. The fraction of sp³-hybridized carbons (Fsp3) is 0.571. The van der Waals surface area contributed by atoms with Gasteiger partial charge in [0.15, 0.2) is 5.75 Å². The van der Waals surface area contributed by atoms with Gasteiger partial charge in [-0.05, 0) is 47.0 Å². The third-order valence-electron chi connectivity index (χ3n) is 2.71. The van der Waals surface area contributed by atoms with Crippen LogP contribution in [0.25, 0.3) is 0 Å². The zero-order valence-corrected chi connectivity index (χ0v) is 12.3. The molecule has 0 bridgehead atoms. The third-order valence-corrected chi connectivity index (χ3v) is 3.30. The lowest BCUT2D eigenvalue weighted by Gasteiger charge is -2.11.